The minimum absolute atomic E-state index is 0.102. The van der Waals surface area contributed by atoms with E-state index in [9.17, 15) is 4.79 Å². The van der Waals surface area contributed by atoms with Crippen LogP contribution in [0.15, 0.2) is 27.5 Å². The van der Waals surface area contributed by atoms with Gasteiger partial charge in [-0.15, -0.1) is 11.3 Å². The van der Waals surface area contributed by atoms with Crippen molar-refractivity contribution in [3.05, 3.63) is 38.8 Å². The fourth-order valence-corrected chi connectivity index (χ4v) is 4.94. The normalized spacial score (nSPS) is 18.2. The number of carbonyl (C=O) groups excluding carboxylic acids is 1. The second kappa shape index (κ2) is 9.89. The lowest BCUT2D eigenvalue weighted by molar-refractivity contribution is -0.0616. The second-order valence-electron chi connectivity index (χ2n) is 7.81. The molecule has 2 fully saturated rings. The summed E-state index contributed by atoms with van der Waals surface area (Å²) in [6, 6.07) is 4.61. The van der Waals surface area contributed by atoms with Crippen molar-refractivity contribution in [2.75, 3.05) is 56.2 Å². The number of amides is 1. The Hall–Kier alpha value is -1.62. The second-order valence-corrected chi connectivity index (χ2v) is 9.95. The lowest BCUT2D eigenvalue weighted by atomic mass is 10.0. The van der Waals surface area contributed by atoms with Crippen LogP contribution in [0, 0.1) is 0 Å². The Balaban J connectivity index is 1.61. The summed E-state index contributed by atoms with van der Waals surface area (Å²) in [5.74, 6) is -3.45. The van der Waals surface area contributed by atoms with E-state index in [2.05, 4.69) is 31.1 Å². The molecule has 0 unspecified atom stereocenters. The van der Waals surface area contributed by atoms with E-state index in [1.54, 1.807) is 16.3 Å². The molecule has 1 aromatic heterocycles. The first-order chi connectivity index (χ1) is 14.9. The SMILES string of the molecule is O=C(Nc1cc(C(F)(F)CN2CCOCC2)ccc1N1CCCCC1)c1csc(Br)n1. The number of nitrogens with one attached hydrogen (secondary N) is 1. The number of carbonyl (C=O) groups is 1. The first kappa shape index (κ1) is 22.6. The molecule has 2 saturated heterocycles. The first-order valence-corrected chi connectivity index (χ1v) is 12.1. The third-order valence-electron chi connectivity index (χ3n) is 5.60. The number of hydrogen-bond donors (Lipinski definition) is 1. The van der Waals surface area contributed by atoms with Gasteiger partial charge in [-0.1, -0.05) is 6.07 Å². The Labute approximate surface area is 192 Å². The molecule has 0 spiro atoms. The van der Waals surface area contributed by atoms with Gasteiger partial charge in [0.25, 0.3) is 11.8 Å². The molecule has 168 valence electrons. The van der Waals surface area contributed by atoms with Crippen LogP contribution in [0.25, 0.3) is 0 Å². The van der Waals surface area contributed by atoms with Gasteiger partial charge in [-0.05, 0) is 47.3 Å². The van der Waals surface area contributed by atoms with E-state index in [1.165, 1.54) is 23.5 Å². The summed E-state index contributed by atoms with van der Waals surface area (Å²) in [7, 11) is 0. The minimum atomic E-state index is -3.04. The van der Waals surface area contributed by atoms with Crippen LogP contribution in [0.5, 0.6) is 0 Å². The number of piperidine rings is 1. The van der Waals surface area contributed by atoms with E-state index in [0.29, 0.717) is 35.9 Å². The summed E-state index contributed by atoms with van der Waals surface area (Å²) in [6.45, 7) is 3.23. The van der Waals surface area contributed by atoms with Gasteiger partial charge in [-0.2, -0.15) is 8.78 Å². The zero-order valence-electron chi connectivity index (χ0n) is 17.1. The molecule has 0 bridgehead atoms. The van der Waals surface area contributed by atoms with Gasteiger partial charge in [-0.3, -0.25) is 9.69 Å². The molecular weight excluding hydrogens is 490 g/mol. The van der Waals surface area contributed by atoms with Crippen molar-refractivity contribution in [2.24, 2.45) is 0 Å². The maximum absolute atomic E-state index is 15.1. The molecule has 2 aliphatic rings. The summed E-state index contributed by atoms with van der Waals surface area (Å²) in [5.41, 5.74) is 1.32. The zero-order valence-corrected chi connectivity index (χ0v) is 19.5. The molecule has 0 saturated carbocycles. The van der Waals surface area contributed by atoms with Gasteiger partial charge in [0.2, 0.25) is 0 Å². The number of rotatable bonds is 6. The topological polar surface area (TPSA) is 57.7 Å². The van der Waals surface area contributed by atoms with Crippen molar-refractivity contribution in [3.8, 4) is 0 Å². The van der Waals surface area contributed by atoms with E-state index >= 15 is 8.78 Å². The number of thiazole rings is 1. The number of nitrogens with zero attached hydrogens (tertiary/aromatic N) is 3. The quantitative estimate of drug-likeness (QED) is 0.611. The highest BCUT2D eigenvalue weighted by Crippen LogP contribution is 2.36. The number of morpholine rings is 1. The van der Waals surface area contributed by atoms with Crippen LogP contribution in [-0.2, 0) is 10.7 Å². The monoisotopic (exact) mass is 514 g/mol. The zero-order chi connectivity index (χ0) is 21.8. The van der Waals surface area contributed by atoms with Gasteiger partial charge in [0.15, 0.2) is 3.92 Å². The Bertz CT molecular complexity index is 915. The summed E-state index contributed by atoms with van der Waals surface area (Å²) < 4.78 is 36.1. The molecule has 2 aromatic rings. The molecule has 1 amide bonds. The molecule has 3 heterocycles. The Morgan fingerprint density at radius 1 is 1.19 bits per heavy atom. The highest BCUT2D eigenvalue weighted by molar-refractivity contribution is 9.11. The van der Waals surface area contributed by atoms with E-state index in [1.807, 2.05) is 0 Å². The van der Waals surface area contributed by atoms with Crippen molar-refractivity contribution in [1.29, 1.82) is 0 Å². The summed E-state index contributed by atoms with van der Waals surface area (Å²) in [4.78, 5) is 20.7. The molecule has 0 atom stereocenters. The minimum Gasteiger partial charge on any atom is -0.379 e. The summed E-state index contributed by atoms with van der Waals surface area (Å²) in [5, 5.41) is 4.47. The molecular formula is C21H25BrF2N4O2S. The van der Waals surface area contributed by atoms with Gasteiger partial charge in [0.05, 0.1) is 31.1 Å². The standard InChI is InChI=1S/C21H25BrF2N4O2S/c22-20-26-17(13-31-20)19(29)25-16-12-15(4-5-18(16)28-6-2-1-3-7-28)21(23,24)14-27-8-10-30-11-9-27/h4-5,12-13H,1-3,6-11,14H2,(H,25,29). The number of halogens is 3. The van der Waals surface area contributed by atoms with Crippen LogP contribution in [0.3, 0.4) is 0 Å². The van der Waals surface area contributed by atoms with Crippen molar-refractivity contribution < 1.29 is 18.3 Å². The number of aromatic nitrogens is 1. The lowest BCUT2D eigenvalue weighted by Gasteiger charge is -2.32. The average molecular weight is 515 g/mol. The number of anilines is 2. The molecule has 0 radical (unpaired) electrons. The van der Waals surface area contributed by atoms with Crippen LogP contribution in [-0.4, -0.2) is 61.7 Å². The summed E-state index contributed by atoms with van der Waals surface area (Å²) >= 11 is 4.56. The van der Waals surface area contributed by atoms with Gasteiger partial charge in [-0.25, -0.2) is 4.98 Å². The van der Waals surface area contributed by atoms with Crippen LogP contribution in [0.4, 0.5) is 20.2 Å². The van der Waals surface area contributed by atoms with E-state index in [4.69, 9.17) is 4.74 Å². The van der Waals surface area contributed by atoms with Crippen LogP contribution in [0.1, 0.15) is 35.3 Å². The fraction of sp³-hybridized carbons (Fsp3) is 0.524. The van der Waals surface area contributed by atoms with E-state index in [-0.39, 0.29) is 17.8 Å². The maximum Gasteiger partial charge on any atom is 0.285 e. The number of ether oxygens (including phenoxy) is 1. The van der Waals surface area contributed by atoms with Crippen LogP contribution in [0.2, 0.25) is 0 Å². The Kier molecular flexibility index (Phi) is 7.20. The molecule has 2 aliphatic heterocycles. The van der Waals surface area contributed by atoms with E-state index in [0.717, 1.165) is 38.0 Å². The molecule has 6 nitrogen and oxygen atoms in total. The van der Waals surface area contributed by atoms with Crippen molar-refractivity contribution >= 4 is 44.5 Å². The van der Waals surface area contributed by atoms with Crippen molar-refractivity contribution in [3.63, 3.8) is 0 Å². The lowest BCUT2D eigenvalue weighted by Crippen LogP contribution is -2.42. The Morgan fingerprint density at radius 3 is 2.61 bits per heavy atom. The highest BCUT2D eigenvalue weighted by atomic mass is 79.9. The molecule has 1 N–H and O–H groups in total. The average Bonchev–Trinajstić information content (AvgIpc) is 3.21. The fourth-order valence-electron chi connectivity index (χ4n) is 3.95. The van der Waals surface area contributed by atoms with Crippen LogP contribution < -0.4 is 10.2 Å². The Morgan fingerprint density at radius 2 is 1.94 bits per heavy atom. The largest absolute Gasteiger partial charge is 0.379 e. The molecule has 10 heteroatoms. The van der Waals surface area contributed by atoms with Gasteiger partial charge >= 0.3 is 0 Å². The number of hydrogen-bond acceptors (Lipinski definition) is 6. The van der Waals surface area contributed by atoms with Crippen LogP contribution >= 0.6 is 27.3 Å². The van der Waals surface area contributed by atoms with Gasteiger partial charge in [0.1, 0.15) is 5.69 Å². The first-order valence-electron chi connectivity index (χ1n) is 10.4. The molecule has 0 aliphatic carbocycles. The summed E-state index contributed by atoms with van der Waals surface area (Å²) in [6.07, 6.45) is 3.24. The van der Waals surface area contributed by atoms with Crippen molar-refractivity contribution in [1.82, 2.24) is 9.88 Å². The predicted octanol–water partition coefficient (Wildman–Crippen LogP) is 4.57. The highest BCUT2D eigenvalue weighted by Gasteiger charge is 2.35. The number of benzene rings is 1. The third-order valence-corrected chi connectivity index (χ3v) is 6.96. The predicted molar refractivity (Wildman–Crippen MR) is 121 cm³/mol. The number of alkyl halides is 2. The molecule has 4 rings (SSSR count). The molecule has 31 heavy (non-hydrogen) atoms. The maximum atomic E-state index is 15.1. The van der Waals surface area contributed by atoms with E-state index < -0.39 is 11.8 Å². The third kappa shape index (κ3) is 5.60. The van der Waals surface area contributed by atoms with Gasteiger partial charge < -0.3 is 15.0 Å². The van der Waals surface area contributed by atoms with Crippen molar-refractivity contribution in [2.45, 2.75) is 25.2 Å². The van der Waals surface area contributed by atoms with Gasteiger partial charge in [0, 0.05) is 37.1 Å². The molecule has 1 aromatic carbocycles. The smallest absolute Gasteiger partial charge is 0.285 e.